The number of rotatable bonds is 37. The molecule has 0 aliphatic heterocycles. The summed E-state index contributed by atoms with van der Waals surface area (Å²) in [5.74, 6) is 11.7. The molecule has 0 spiro atoms. The van der Waals surface area contributed by atoms with Crippen LogP contribution in [0.15, 0.2) is 144 Å². The molecule has 0 nitrogen and oxygen atoms in total. The van der Waals surface area contributed by atoms with Crippen molar-refractivity contribution in [3.8, 4) is 0 Å². The van der Waals surface area contributed by atoms with Crippen molar-refractivity contribution < 1.29 is 0 Å². The van der Waals surface area contributed by atoms with Gasteiger partial charge in [0.25, 0.3) is 0 Å². The summed E-state index contributed by atoms with van der Waals surface area (Å²) in [4.78, 5) is 0. The molecule has 1 rings (SSSR count). The van der Waals surface area contributed by atoms with Crippen molar-refractivity contribution in [2.45, 2.75) is 437 Å². The SMILES string of the molecule is C/C=C/CC(C)C.C/C=C/CCC(C)C.C/C=C/CCCC(C)C.C=C(C)CC(C)C.C=C(C)CCC(C)C.C=C(C)CCCC(C)C.C=C(C)CCCCC(C)C.C=C1CC1C(C)C.CC(C)=CCC(C)C.CC(C)=CCCC(C)C(C)C.CC/C=C(\C)CC(C)C.CC/C=C(\C)CCC(C)C. The zero-order chi connectivity index (χ0) is 83.0. The maximum atomic E-state index is 3.87. The minimum absolute atomic E-state index is 0.775. The van der Waals surface area contributed by atoms with E-state index < -0.39 is 0 Å². The van der Waals surface area contributed by atoms with Gasteiger partial charge in [-0.2, -0.15) is 0 Å². The quantitative estimate of drug-likeness (QED) is 0.0430. The van der Waals surface area contributed by atoms with Crippen LogP contribution in [0.5, 0.6) is 0 Å². The molecule has 0 amide bonds. The third-order valence-corrected chi connectivity index (χ3v) is 16.2. The number of unbranched alkanes of at least 4 members (excludes halogenated alkanes) is 2. The normalized spacial score (nSPS) is 12.5. The predicted octanol–water partition coefficient (Wildman–Crippen LogP) is 38.2. The Morgan fingerprint density at radius 1 is 0.340 bits per heavy atom. The van der Waals surface area contributed by atoms with Gasteiger partial charge < -0.3 is 0 Å². The molecule has 2 unspecified atom stereocenters. The summed E-state index contributed by atoms with van der Waals surface area (Å²) in [6, 6.07) is 0. The molecule has 103 heavy (non-hydrogen) atoms. The van der Waals surface area contributed by atoms with Gasteiger partial charge in [-0.05, 0) is 308 Å². The minimum Gasteiger partial charge on any atom is -0.100 e. The number of allylic oxidation sites excluding steroid dienone is 19. The van der Waals surface area contributed by atoms with Crippen LogP contribution in [-0.2, 0) is 0 Å². The average Bonchev–Trinajstić information content (AvgIpc) is 1.71. The number of hydrogen-bond acceptors (Lipinski definition) is 0. The van der Waals surface area contributed by atoms with Gasteiger partial charge in [0.05, 0.1) is 0 Å². The predicted molar refractivity (Wildman–Crippen MR) is 497 cm³/mol. The molecule has 2 atom stereocenters. The van der Waals surface area contributed by atoms with Crippen molar-refractivity contribution in [1.82, 2.24) is 0 Å². The molecule has 1 aliphatic carbocycles. The van der Waals surface area contributed by atoms with E-state index in [1.165, 1.54) is 205 Å². The monoisotopic (exact) mass is 1440 g/mol. The van der Waals surface area contributed by atoms with Gasteiger partial charge in [-0.15, -0.1) is 26.3 Å². The summed E-state index contributed by atoms with van der Waals surface area (Å²) in [7, 11) is 0. The highest BCUT2D eigenvalue weighted by Crippen LogP contribution is 2.41. The summed E-state index contributed by atoms with van der Waals surface area (Å²) in [6.07, 6.45) is 54.1. The van der Waals surface area contributed by atoms with Crippen molar-refractivity contribution in [2.75, 3.05) is 0 Å². The first-order valence-electron chi connectivity index (χ1n) is 43.2. The van der Waals surface area contributed by atoms with Gasteiger partial charge in [0.2, 0.25) is 0 Å². The fourth-order valence-corrected chi connectivity index (χ4v) is 9.25. The fourth-order valence-electron chi connectivity index (χ4n) is 9.25. The van der Waals surface area contributed by atoms with E-state index in [1.54, 1.807) is 5.57 Å². The molecule has 0 bridgehead atoms. The zero-order valence-electron chi connectivity index (χ0n) is 79.6. The molecule has 616 valence electrons. The van der Waals surface area contributed by atoms with Gasteiger partial charge in [-0.1, -0.05) is 330 Å². The lowest BCUT2D eigenvalue weighted by molar-refractivity contribution is 0.395. The Hall–Kier alpha value is -3.12. The first kappa shape index (κ1) is 124. The Morgan fingerprint density at radius 3 is 0.981 bits per heavy atom. The highest BCUT2D eigenvalue weighted by molar-refractivity contribution is 5.19. The van der Waals surface area contributed by atoms with Crippen molar-refractivity contribution in [1.29, 1.82) is 0 Å². The molecule has 0 heterocycles. The maximum absolute atomic E-state index is 3.87. The maximum Gasteiger partial charge on any atom is -0.0145 e. The van der Waals surface area contributed by atoms with Crippen molar-refractivity contribution in [2.24, 2.45) is 82.9 Å². The van der Waals surface area contributed by atoms with Gasteiger partial charge in [-0.3, -0.25) is 0 Å². The van der Waals surface area contributed by atoms with E-state index in [9.17, 15) is 0 Å². The fraction of sp³-hybridized carbons (Fsp3) is 0.767. The van der Waals surface area contributed by atoms with E-state index in [0.29, 0.717) is 0 Å². The van der Waals surface area contributed by atoms with Crippen LogP contribution in [0.4, 0.5) is 0 Å². The third-order valence-electron chi connectivity index (χ3n) is 16.2. The molecule has 1 fully saturated rings. The molecule has 0 saturated heterocycles. The highest BCUT2D eigenvalue weighted by atomic mass is 14.3. The van der Waals surface area contributed by atoms with Crippen molar-refractivity contribution in [3.63, 3.8) is 0 Å². The summed E-state index contributed by atoms with van der Waals surface area (Å²) in [5, 5.41) is 0. The van der Waals surface area contributed by atoms with E-state index in [1.807, 2.05) is 0 Å². The summed E-state index contributed by atoms with van der Waals surface area (Å²) in [6.45, 7) is 108. The second-order valence-corrected chi connectivity index (χ2v) is 36.1. The van der Waals surface area contributed by atoms with Crippen molar-refractivity contribution in [3.05, 3.63) is 144 Å². The van der Waals surface area contributed by atoms with E-state index in [4.69, 9.17) is 0 Å². The molecule has 0 aromatic carbocycles. The first-order valence-corrected chi connectivity index (χ1v) is 43.2. The van der Waals surface area contributed by atoms with Crippen LogP contribution in [-0.4, -0.2) is 0 Å². The zero-order valence-corrected chi connectivity index (χ0v) is 79.6. The van der Waals surface area contributed by atoms with E-state index in [-0.39, 0.29) is 0 Å². The molecule has 1 aliphatic rings. The second kappa shape index (κ2) is 93.1. The standard InChI is InChI=1S/C11H22.2C10H20.3C9H18.3C8H16.C7H12.2C7H14/c1-9(2)7-6-8-11(5)10(3)4;1-9(2)7-5-6-8-10(3)4;1-5-6-10(4)8-7-9(2)3;1-8(2)6-5-7-9(3)4;1-5-6-9(4)7-8(2)3;1-4-5-6-7-8-9(2)3;2*1-7(2)5-6-8(3)4;1-4-5-6-7-8(2)3;1-5(2)7-4-6(7)3;1-6(2)5-7(3)4;1-4-5-6-7(2)3/h7,10-11H,6,8H2,1-5H3;10H,1,5-8H2,2-4H3;6,9H,5,7-8H2,1-4H3;9H,1,5-7H2,2-4H3;6,8H,5,7H2,1-4H3;4-5,9H,6-8H2,1-3H3;5,8H,6H2,1-4H3;8H,1,5-6H2,2-4H3;4-5,8H,6-7H2,1-3H3;5,7H,3-4H2,1-2H3;7H,1,5H2,2-4H3;4-5,7H,6H2,1-3H3/b;;10-6+;;9-6+;5-4+;;;5-4+;;;5-4+. The van der Waals surface area contributed by atoms with E-state index >= 15 is 0 Å². The van der Waals surface area contributed by atoms with E-state index in [0.717, 1.165) is 82.9 Å². The third kappa shape index (κ3) is 170. The lowest BCUT2D eigenvalue weighted by atomic mass is 9.93. The molecule has 0 heteroatoms. The van der Waals surface area contributed by atoms with Gasteiger partial charge >= 0.3 is 0 Å². The highest BCUT2D eigenvalue weighted by Gasteiger charge is 2.29. The number of hydrogen-bond donors (Lipinski definition) is 0. The van der Waals surface area contributed by atoms with Crippen LogP contribution < -0.4 is 0 Å². The van der Waals surface area contributed by atoms with Crippen LogP contribution >= 0.6 is 0 Å². The second-order valence-electron chi connectivity index (χ2n) is 36.1. The molecule has 1 saturated carbocycles. The van der Waals surface area contributed by atoms with Gasteiger partial charge in [0, 0.05) is 0 Å². The summed E-state index contributed by atoms with van der Waals surface area (Å²) in [5.41, 5.74) is 12.6. The molecule has 0 radical (unpaired) electrons. The van der Waals surface area contributed by atoms with Crippen LogP contribution in [0.25, 0.3) is 0 Å². The van der Waals surface area contributed by atoms with Gasteiger partial charge in [0.15, 0.2) is 0 Å². The summed E-state index contributed by atoms with van der Waals surface area (Å²) >= 11 is 0. The van der Waals surface area contributed by atoms with Crippen LogP contribution in [0, 0.1) is 82.9 Å². The lowest BCUT2D eigenvalue weighted by Crippen LogP contribution is -2.02. The summed E-state index contributed by atoms with van der Waals surface area (Å²) < 4.78 is 0. The largest absolute Gasteiger partial charge is 0.100 e. The topological polar surface area (TPSA) is 0 Å². The first-order chi connectivity index (χ1) is 47.5. The molecular weight excluding hydrogens is 1240 g/mol. The van der Waals surface area contributed by atoms with Crippen molar-refractivity contribution >= 4 is 0 Å². The molecule has 0 N–H and O–H groups in total. The lowest BCUT2D eigenvalue weighted by Gasteiger charge is -2.13. The minimum atomic E-state index is 0.775. The Labute approximate surface area is 660 Å². The van der Waals surface area contributed by atoms with Gasteiger partial charge in [0.1, 0.15) is 0 Å². The Bertz CT molecular complexity index is 1970. The van der Waals surface area contributed by atoms with Crippen LogP contribution in [0.1, 0.15) is 437 Å². The van der Waals surface area contributed by atoms with Crippen LogP contribution in [0.2, 0.25) is 0 Å². The molecular formula is C103H204. The van der Waals surface area contributed by atoms with Gasteiger partial charge in [-0.25, -0.2) is 0 Å². The Kier molecular flexibility index (Phi) is 112. The molecule has 0 aromatic rings. The average molecular weight is 1440 g/mol. The van der Waals surface area contributed by atoms with E-state index in [2.05, 4.69) is 371 Å². The Balaban J connectivity index is -0.0000000998. The smallest absolute Gasteiger partial charge is 0.0145 e. The Morgan fingerprint density at radius 2 is 0.709 bits per heavy atom. The van der Waals surface area contributed by atoms with Crippen LogP contribution in [0.3, 0.4) is 0 Å². The molecule has 0 aromatic heterocycles.